The van der Waals surface area contributed by atoms with Crippen LogP contribution in [0.2, 0.25) is 0 Å². The minimum atomic E-state index is -0.0270. The van der Waals surface area contributed by atoms with Crippen molar-refractivity contribution >= 4 is 0 Å². The predicted octanol–water partition coefficient (Wildman–Crippen LogP) is 8.37. The molecule has 0 saturated heterocycles. The molecule has 0 aliphatic heterocycles. The molecule has 0 amide bonds. The molecule has 0 N–H and O–H groups in total. The molecule has 0 atom stereocenters. The van der Waals surface area contributed by atoms with E-state index in [1.54, 1.807) is 21.5 Å². The van der Waals surface area contributed by atoms with E-state index < -0.39 is 0 Å². The lowest BCUT2D eigenvalue weighted by Gasteiger charge is -2.11. The van der Waals surface area contributed by atoms with E-state index in [9.17, 15) is 0 Å². The first-order chi connectivity index (χ1) is 24.7. The molecule has 0 fully saturated rings. The van der Waals surface area contributed by atoms with Crippen molar-refractivity contribution in [1.82, 2.24) is 54.5 Å². The maximum absolute atomic E-state index is 6.19. The van der Waals surface area contributed by atoms with Crippen LogP contribution in [-0.4, -0.2) is 54.5 Å². The highest BCUT2D eigenvalue weighted by Crippen LogP contribution is 2.32. The van der Waals surface area contributed by atoms with Crippen LogP contribution < -0.4 is 14.2 Å². The Morgan fingerprint density at radius 2 is 0.902 bits per heavy atom. The van der Waals surface area contributed by atoms with E-state index in [-0.39, 0.29) is 36.2 Å². The number of aromatic nitrogens is 11. The number of imidazole rings is 1. The molecular weight excluding hydrogens is 646 g/mol. The third-order valence-electron chi connectivity index (χ3n) is 7.87. The summed E-state index contributed by atoms with van der Waals surface area (Å²) >= 11 is 0. The van der Waals surface area contributed by atoms with Gasteiger partial charge in [-0.25, -0.2) is 14.3 Å². The highest BCUT2D eigenvalue weighted by Gasteiger charge is 2.16. The van der Waals surface area contributed by atoms with Gasteiger partial charge in [0.1, 0.15) is 28.6 Å². The van der Waals surface area contributed by atoms with Gasteiger partial charge in [0.2, 0.25) is 0 Å². The minimum Gasteiger partial charge on any atom is -0.424 e. The van der Waals surface area contributed by atoms with Crippen molar-refractivity contribution < 1.29 is 14.2 Å². The van der Waals surface area contributed by atoms with Crippen molar-refractivity contribution in [2.45, 2.75) is 59.7 Å². The zero-order valence-electron chi connectivity index (χ0n) is 29.1. The van der Waals surface area contributed by atoms with Gasteiger partial charge in [0.25, 0.3) is 0 Å². The van der Waals surface area contributed by atoms with E-state index in [4.69, 9.17) is 14.2 Å². The van der Waals surface area contributed by atoms with Crippen LogP contribution >= 0.6 is 0 Å². The Labute approximate surface area is 294 Å². The topological polar surface area (TPSA) is 146 Å². The zero-order chi connectivity index (χ0) is 35.5. The first-order valence-electron chi connectivity index (χ1n) is 16.6. The second-order valence-electron chi connectivity index (χ2n) is 12.7. The van der Waals surface area contributed by atoms with E-state index in [2.05, 4.69) is 54.4 Å². The fourth-order valence-electron chi connectivity index (χ4n) is 5.02. The van der Waals surface area contributed by atoms with Crippen LogP contribution in [0, 0.1) is 0 Å². The lowest BCUT2D eigenvalue weighted by atomic mass is 10.1. The number of hydrogen-bond donors (Lipinski definition) is 0. The van der Waals surface area contributed by atoms with Crippen LogP contribution in [0.3, 0.4) is 0 Å². The second-order valence-corrected chi connectivity index (χ2v) is 12.7. The van der Waals surface area contributed by atoms with Crippen LogP contribution in [-0.2, 0) is 0 Å². The van der Waals surface area contributed by atoms with E-state index in [1.165, 1.54) is 0 Å². The van der Waals surface area contributed by atoms with Crippen LogP contribution in [0.1, 0.15) is 59.7 Å². The van der Waals surface area contributed by atoms with Gasteiger partial charge >= 0.3 is 18.0 Å². The monoisotopic (exact) mass is 683 g/mol. The van der Waals surface area contributed by atoms with Gasteiger partial charge in [-0.2, -0.15) is 0 Å². The summed E-state index contributed by atoms with van der Waals surface area (Å²) in [6.45, 7) is 12.4. The maximum atomic E-state index is 6.19. The molecule has 0 radical (unpaired) electrons. The Morgan fingerprint density at radius 3 is 1.25 bits per heavy atom. The SMILES string of the molecule is CC(C)n1cnc(-c2cccc(Oc3nc(Oc4cccc(-c5cn(C(C)C)nn5)c4)nc(Oc4cccc(-c5cn(C(C)C)nn5)c4)n3)c2)c1. The Hall–Kier alpha value is -6.44. The third-order valence-corrected chi connectivity index (χ3v) is 7.87. The van der Waals surface area contributed by atoms with Crippen molar-refractivity contribution in [2.75, 3.05) is 0 Å². The molecule has 14 heteroatoms. The molecule has 0 saturated carbocycles. The first-order valence-corrected chi connectivity index (χ1v) is 16.6. The largest absolute Gasteiger partial charge is 0.424 e. The second kappa shape index (κ2) is 14.2. The number of benzene rings is 3. The van der Waals surface area contributed by atoms with Gasteiger partial charge in [-0.15, -0.1) is 25.1 Å². The summed E-state index contributed by atoms with van der Waals surface area (Å²) in [5.74, 6) is 1.46. The summed E-state index contributed by atoms with van der Waals surface area (Å²) in [6.07, 6.45) is 7.60. The lowest BCUT2D eigenvalue weighted by molar-refractivity contribution is 0.362. The molecule has 4 aromatic heterocycles. The Morgan fingerprint density at radius 1 is 0.490 bits per heavy atom. The summed E-state index contributed by atoms with van der Waals surface area (Å²) in [6, 6.07) is 23.0. The van der Waals surface area contributed by atoms with Gasteiger partial charge in [-0.3, -0.25) is 0 Å². The average Bonchev–Trinajstić information content (AvgIpc) is 3.91. The quantitative estimate of drug-likeness (QED) is 0.122. The van der Waals surface area contributed by atoms with Gasteiger partial charge in [-0.05, 0) is 77.9 Å². The van der Waals surface area contributed by atoms with Crippen molar-refractivity contribution in [3.63, 3.8) is 0 Å². The molecule has 7 rings (SSSR count). The third kappa shape index (κ3) is 7.75. The van der Waals surface area contributed by atoms with Gasteiger partial charge in [0.05, 0.1) is 24.4 Å². The van der Waals surface area contributed by atoms with Gasteiger partial charge in [0, 0.05) is 41.0 Å². The molecule has 0 aliphatic rings. The molecule has 4 heterocycles. The van der Waals surface area contributed by atoms with Crippen LogP contribution in [0.15, 0.2) is 97.7 Å². The van der Waals surface area contributed by atoms with Crippen LogP contribution in [0.4, 0.5) is 0 Å². The summed E-state index contributed by atoms with van der Waals surface area (Å²) < 4.78 is 24.2. The standard InChI is InChI=1S/C37H37N11O3/c1-23(2)46-19-32(38-22-46)26-10-7-13-29(16-26)49-35-39-36(50-30-14-8-11-27(17-30)33-20-47(24(3)4)44-42-33)41-37(40-35)51-31-15-9-12-28(18-31)34-21-48(25(5)6)45-43-34/h7-25H,1-6H3. The molecule has 258 valence electrons. The van der Waals surface area contributed by atoms with Crippen molar-refractivity contribution in [3.8, 4) is 69.1 Å². The fraction of sp³-hybridized carbons (Fsp3) is 0.243. The normalized spacial score (nSPS) is 11.5. The lowest BCUT2D eigenvalue weighted by Crippen LogP contribution is -2.01. The summed E-state index contributed by atoms with van der Waals surface area (Å²) in [5.41, 5.74) is 4.77. The molecule has 7 aromatic rings. The average molecular weight is 684 g/mol. The van der Waals surface area contributed by atoms with E-state index in [0.717, 1.165) is 22.4 Å². The molecular formula is C37H37N11O3. The van der Waals surface area contributed by atoms with Gasteiger partial charge in [-0.1, -0.05) is 46.8 Å². The van der Waals surface area contributed by atoms with Gasteiger partial charge < -0.3 is 18.8 Å². The molecule has 0 aliphatic carbocycles. The number of ether oxygens (including phenoxy) is 3. The molecule has 0 bridgehead atoms. The summed E-state index contributed by atoms with van der Waals surface area (Å²) in [4.78, 5) is 18.0. The highest BCUT2D eigenvalue weighted by molar-refractivity contribution is 5.62. The molecule has 51 heavy (non-hydrogen) atoms. The number of nitrogens with zero attached hydrogens (tertiary/aromatic N) is 11. The molecule has 14 nitrogen and oxygen atoms in total. The highest BCUT2D eigenvalue weighted by atomic mass is 16.5. The number of rotatable bonds is 12. The van der Waals surface area contributed by atoms with Gasteiger partial charge in [0.15, 0.2) is 0 Å². The van der Waals surface area contributed by atoms with Crippen LogP contribution in [0.5, 0.6) is 35.3 Å². The fourth-order valence-corrected chi connectivity index (χ4v) is 5.02. The predicted molar refractivity (Wildman–Crippen MR) is 190 cm³/mol. The van der Waals surface area contributed by atoms with Crippen molar-refractivity contribution in [1.29, 1.82) is 0 Å². The minimum absolute atomic E-state index is 0.0214. The molecule has 0 spiro atoms. The summed E-state index contributed by atoms with van der Waals surface area (Å²) in [7, 11) is 0. The number of hydrogen-bond acceptors (Lipinski definition) is 11. The Kier molecular flexibility index (Phi) is 9.20. The Bertz CT molecular complexity index is 2010. The smallest absolute Gasteiger partial charge is 0.331 e. The maximum Gasteiger partial charge on any atom is 0.331 e. The van der Waals surface area contributed by atoms with Crippen LogP contribution in [0.25, 0.3) is 33.8 Å². The first kappa shape index (κ1) is 33.1. The Balaban J connectivity index is 1.20. The van der Waals surface area contributed by atoms with Crippen molar-refractivity contribution in [2.24, 2.45) is 0 Å². The zero-order valence-corrected chi connectivity index (χ0v) is 29.1. The van der Waals surface area contributed by atoms with E-state index in [0.29, 0.717) is 28.6 Å². The summed E-state index contributed by atoms with van der Waals surface area (Å²) in [5, 5.41) is 17.1. The van der Waals surface area contributed by atoms with Crippen molar-refractivity contribution in [3.05, 3.63) is 97.7 Å². The van der Waals surface area contributed by atoms with E-state index >= 15 is 0 Å². The van der Waals surface area contributed by atoms with E-state index in [1.807, 2.05) is 118 Å². The molecule has 3 aromatic carbocycles. The molecule has 0 unspecified atom stereocenters.